The summed E-state index contributed by atoms with van der Waals surface area (Å²) in [5.41, 5.74) is 7.61. The van der Waals surface area contributed by atoms with Crippen LogP contribution in [-0.2, 0) is 44.8 Å². The Morgan fingerprint density at radius 3 is 1.65 bits per heavy atom. The molecule has 32 heteroatoms. The standard InChI is InChI=1S/C64H96BIN14O16/c1-43(63(94)80-38-46(81)37-53(80)65(95)96)72-60(91)50-24-23-49(47-14-5-6-15-48(47)50)59(90)69-26-8-4-9-27-70-61(92)51(17-12-28-71-64(67)75(2)3)74-62(93)52(73-54(82)18-11-13-44-19-21-45(66)22-20-44)16-7-10-25-68-55(83)39-76-29-31-77(40-56(84)85)33-35-79(42-58(88)89)36-34-78(32-30-76)41-57(86)87/h5-6,14-15,19-24,43,46,51-53,81,95-96H,4,7-13,16-18,25-42H2,1-3H3,(H2,67,71)(H,68,83)(H,69,90)(H,70,92)(H,72,91)(H,73,82)(H,74,93)(H,84,85)(H,86,87)(H,88,89)/t43-,46+,51+,52+,53+/m1/s1. The van der Waals surface area contributed by atoms with E-state index in [1.54, 1.807) is 58.0 Å². The fourth-order valence-electron chi connectivity index (χ4n) is 11.3. The molecule has 2 fully saturated rings. The van der Waals surface area contributed by atoms with E-state index in [2.05, 4.69) is 59.5 Å². The van der Waals surface area contributed by atoms with Crippen molar-refractivity contribution in [1.82, 2.24) is 61.3 Å². The molecule has 3 aromatic rings. The van der Waals surface area contributed by atoms with Crippen molar-refractivity contribution in [1.29, 1.82) is 0 Å². The number of unbranched alkanes of at least 4 members (excludes halogenated alkanes) is 3. The molecule has 2 aliphatic rings. The molecule has 14 N–H and O–H groups in total. The predicted octanol–water partition coefficient (Wildman–Crippen LogP) is -1.04. The molecule has 0 aliphatic carbocycles. The first kappa shape index (κ1) is 79.1. The van der Waals surface area contributed by atoms with E-state index in [9.17, 15) is 78.4 Å². The maximum absolute atomic E-state index is 14.3. The van der Waals surface area contributed by atoms with Gasteiger partial charge in [-0.1, -0.05) is 36.4 Å². The number of likely N-dealkylation sites (tertiary alicyclic amines) is 1. The van der Waals surface area contributed by atoms with E-state index in [1.165, 1.54) is 19.1 Å². The summed E-state index contributed by atoms with van der Waals surface area (Å²) in [5.74, 6) is -7.27. The molecule has 2 saturated heterocycles. The third-order valence-corrected chi connectivity index (χ3v) is 17.3. The van der Waals surface area contributed by atoms with E-state index in [1.807, 2.05) is 29.2 Å². The number of aliphatic hydroxyl groups is 1. The summed E-state index contributed by atoms with van der Waals surface area (Å²) in [5, 5.41) is 76.6. The van der Waals surface area contributed by atoms with E-state index in [0.29, 0.717) is 67.7 Å². The average molecular weight is 1460 g/mol. The van der Waals surface area contributed by atoms with Crippen molar-refractivity contribution in [2.24, 2.45) is 10.7 Å². The second-order valence-corrected chi connectivity index (χ2v) is 25.7. The third kappa shape index (κ3) is 28.2. The first-order valence-electron chi connectivity index (χ1n) is 32.6. The highest BCUT2D eigenvalue weighted by atomic mass is 127. The number of fused-ring (bicyclic) bond motifs is 1. The second-order valence-electron chi connectivity index (χ2n) is 24.4. The van der Waals surface area contributed by atoms with E-state index >= 15 is 0 Å². The fourth-order valence-corrected chi connectivity index (χ4v) is 11.6. The number of aliphatic hydroxyl groups excluding tert-OH is 1. The van der Waals surface area contributed by atoms with Crippen LogP contribution in [0, 0.1) is 3.57 Å². The summed E-state index contributed by atoms with van der Waals surface area (Å²) in [6.45, 7) is 3.22. The van der Waals surface area contributed by atoms with Crippen LogP contribution < -0.4 is 37.6 Å². The molecular formula is C64H96BIN14O16. The Morgan fingerprint density at radius 1 is 0.604 bits per heavy atom. The SMILES string of the molecule is C[C@@H](NC(=O)c1ccc(C(=O)NCCCCCNC(=O)[C@H](CCCN=C(N)N(C)C)NC(=O)[C@H](CCCCNC(=O)CN2CCN(CC(=O)O)CCN(CC(=O)O)CCN(CC(=O)O)CC2)NC(=O)CCCc2ccc(I)cc2)c2ccccc12)C(=O)N1C[C@@H](O)C[C@H]1B(O)O. The number of nitrogens with two attached hydrogens (primary N) is 1. The fraction of sp³-hybridized carbons (Fsp3) is 0.578. The van der Waals surface area contributed by atoms with Gasteiger partial charge in [-0.2, -0.15) is 0 Å². The molecule has 0 bridgehead atoms. The highest BCUT2D eigenvalue weighted by Crippen LogP contribution is 2.25. The number of carbonyl (C=O) groups is 10. The maximum Gasteiger partial charge on any atom is 0.475 e. The Labute approximate surface area is 573 Å². The first-order valence-corrected chi connectivity index (χ1v) is 33.7. The molecular weight excluding hydrogens is 1360 g/mol. The van der Waals surface area contributed by atoms with Gasteiger partial charge in [0.1, 0.15) is 18.1 Å². The molecule has 5 rings (SSSR count). The molecule has 2 heterocycles. The van der Waals surface area contributed by atoms with Crippen LogP contribution in [0.25, 0.3) is 10.8 Å². The van der Waals surface area contributed by atoms with Gasteiger partial charge in [0.2, 0.25) is 29.5 Å². The predicted molar refractivity (Wildman–Crippen MR) is 367 cm³/mol. The molecule has 528 valence electrons. The van der Waals surface area contributed by atoms with Gasteiger partial charge in [0, 0.05) is 120 Å². The highest BCUT2D eigenvalue weighted by Gasteiger charge is 2.42. The Balaban J connectivity index is 1.17. The topological polar surface area (TPSA) is 422 Å². The summed E-state index contributed by atoms with van der Waals surface area (Å²) >= 11 is 2.22. The molecule has 96 heavy (non-hydrogen) atoms. The van der Waals surface area contributed by atoms with Gasteiger partial charge in [-0.3, -0.25) is 72.5 Å². The Kier molecular flexibility index (Phi) is 34.2. The van der Waals surface area contributed by atoms with Gasteiger partial charge in [-0.15, -0.1) is 0 Å². The average Bonchev–Trinajstić information content (AvgIpc) is 0.838. The lowest BCUT2D eigenvalue weighted by Gasteiger charge is -2.32. The monoisotopic (exact) mass is 1450 g/mol. The molecule has 0 unspecified atom stereocenters. The molecule has 0 aromatic heterocycles. The number of carboxylic acids is 3. The number of aryl methyl sites for hydroxylation is 1. The van der Waals surface area contributed by atoms with Crippen molar-refractivity contribution in [2.75, 3.05) is 125 Å². The van der Waals surface area contributed by atoms with Crippen LogP contribution in [0.15, 0.2) is 65.7 Å². The van der Waals surface area contributed by atoms with Crippen molar-refractivity contribution in [3.63, 3.8) is 0 Å². The number of guanidine groups is 1. The van der Waals surface area contributed by atoms with Crippen LogP contribution in [0.3, 0.4) is 0 Å². The lowest BCUT2D eigenvalue weighted by Crippen LogP contribution is -2.54. The Morgan fingerprint density at radius 2 is 1.10 bits per heavy atom. The number of nitrogens with one attached hydrogen (secondary N) is 6. The van der Waals surface area contributed by atoms with Crippen LogP contribution in [0.1, 0.15) is 104 Å². The minimum absolute atomic E-state index is 0.0223. The number of benzene rings is 3. The highest BCUT2D eigenvalue weighted by molar-refractivity contribution is 14.1. The molecule has 5 atom stereocenters. The van der Waals surface area contributed by atoms with Gasteiger partial charge >= 0.3 is 25.0 Å². The number of amides is 7. The number of nitrogens with zero attached hydrogens (tertiary/aromatic N) is 7. The molecule has 2 aliphatic heterocycles. The van der Waals surface area contributed by atoms with Gasteiger partial charge in [-0.25, -0.2) is 0 Å². The second kappa shape index (κ2) is 41.5. The number of rotatable bonds is 36. The van der Waals surface area contributed by atoms with Gasteiger partial charge in [0.05, 0.1) is 38.2 Å². The number of carboxylic acid groups (broad SMARTS) is 3. The van der Waals surface area contributed by atoms with E-state index in [4.69, 9.17) is 5.73 Å². The lowest BCUT2D eigenvalue weighted by molar-refractivity contribution is -0.140. The Hall–Kier alpha value is -7.60. The van der Waals surface area contributed by atoms with Gasteiger partial charge in [0.15, 0.2) is 5.96 Å². The minimum Gasteiger partial charge on any atom is -0.480 e. The summed E-state index contributed by atoms with van der Waals surface area (Å²) in [4.78, 5) is 145. The van der Waals surface area contributed by atoms with Crippen LogP contribution in [-0.4, -0.2) is 288 Å². The maximum atomic E-state index is 14.3. The van der Waals surface area contributed by atoms with E-state index < -0.39 is 78.8 Å². The number of aliphatic carboxylic acids is 3. The molecule has 30 nitrogen and oxygen atoms in total. The zero-order chi connectivity index (χ0) is 70.3. The van der Waals surface area contributed by atoms with Gasteiger partial charge in [-0.05, 0) is 141 Å². The first-order chi connectivity index (χ1) is 45.8. The molecule has 0 spiro atoms. The third-order valence-electron chi connectivity index (χ3n) is 16.6. The number of carbonyl (C=O) groups excluding carboxylic acids is 7. The normalized spacial score (nSPS) is 17.2. The van der Waals surface area contributed by atoms with Gasteiger partial charge in [0.25, 0.3) is 11.8 Å². The number of β-amino-alcohol motifs (C(OH)–C–C–N with tert-alkyl or cyclic N) is 1. The summed E-state index contributed by atoms with van der Waals surface area (Å²) in [6, 6.07) is 14.6. The molecule has 0 radical (unpaired) electrons. The number of hydrogen-bond acceptors (Lipinski definition) is 18. The van der Waals surface area contributed by atoms with Crippen LogP contribution in [0.4, 0.5) is 0 Å². The van der Waals surface area contributed by atoms with E-state index in [0.717, 1.165) is 14.0 Å². The van der Waals surface area contributed by atoms with E-state index in [-0.39, 0.29) is 166 Å². The van der Waals surface area contributed by atoms with Crippen LogP contribution in [0.5, 0.6) is 0 Å². The van der Waals surface area contributed by atoms with Gasteiger partial charge < -0.3 is 77.9 Å². The van der Waals surface area contributed by atoms with Crippen molar-refractivity contribution >= 4 is 106 Å². The largest absolute Gasteiger partial charge is 0.480 e. The molecule has 0 saturated carbocycles. The summed E-state index contributed by atoms with van der Waals surface area (Å²) in [7, 11) is 1.61. The minimum atomic E-state index is -1.87. The van der Waals surface area contributed by atoms with Crippen LogP contribution >= 0.6 is 22.6 Å². The number of aliphatic imine (C=N–C) groups is 1. The Bertz CT molecular complexity index is 3080. The summed E-state index contributed by atoms with van der Waals surface area (Å²) < 4.78 is 1.08. The van der Waals surface area contributed by atoms with Crippen LogP contribution in [0.2, 0.25) is 0 Å². The zero-order valence-electron chi connectivity index (χ0n) is 55.1. The molecule has 7 amide bonds. The van der Waals surface area contributed by atoms with Crippen molar-refractivity contribution in [3.8, 4) is 0 Å². The lowest BCUT2D eigenvalue weighted by atomic mass is 9.77. The number of halogens is 1. The summed E-state index contributed by atoms with van der Waals surface area (Å²) in [6.07, 6.45) is 3.40. The molecule has 3 aromatic carbocycles. The smallest absolute Gasteiger partial charge is 0.475 e. The van der Waals surface area contributed by atoms with Crippen molar-refractivity contribution in [3.05, 3.63) is 80.9 Å². The quantitative estimate of drug-likeness (QED) is 0.0109. The van der Waals surface area contributed by atoms with Crippen molar-refractivity contribution in [2.45, 2.75) is 114 Å². The van der Waals surface area contributed by atoms with Crippen molar-refractivity contribution < 1.29 is 78.4 Å². The number of hydrogen-bond donors (Lipinski definition) is 13. The zero-order valence-corrected chi connectivity index (χ0v) is 57.3.